The van der Waals surface area contributed by atoms with Gasteiger partial charge in [-0.2, -0.15) is 0 Å². The number of amides is 1. The highest BCUT2D eigenvalue weighted by Gasteiger charge is 2.13. The zero-order valence-electron chi connectivity index (χ0n) is 11.3. The zero-order valence-corrected chi connectivity index (χ0v) is 12.1. The Morgan fingerprint density at radius 1 is 1.35 bits per heavy atom. The molecule has 0 heterocycles. The largest absolute Gasteiger partial charge is 0.346 e. The zero-order chi connectivity index (χ0) is 15.1. The van der Waals surface area contributed by atoms with Crippen LogP contribution in [0.5, 0.6) is 0 Å². The summed E-state index contributed by atoms with van der Waals surface area (Å²) < 4.78 is 37.6. The molecule has 1 atom stereocenters. The maximum absolute atomic E-state index is 13.0. The van der Waals surface area contributed by atoms with Gasteiger partial charge >= 0.3 is 0 Å². The predicted molar refractivity (Wildman–Crippen MR) is 73.6 cm³/mol. The van der Waals surface area contributed by atoms with Gasteiger partial charge in [0, 0.05) is 30.7 Å². The minimum atomic E-state index is -1.52. The van der Waals surface area contributed by atoms with Crippen LogP contribution in [-0.2, 0) is 15.6 Å². The van der Waals surface area contributed by atoms with Crippen LogP contribution in [0.15, 0.2) is 23.1 Å². The highest BCUT2D eigenvalue weighted by molar-refractivity contribution is 7.85. The molecule has 0 saturated carbocycles. The van der Waals surface area contributed by atoms with E-state index in [9.17, 15) is 17.8 Å². The molecule has 1 unspecified atom stereocenters. The third-order valence-corrected chi connectivity index (χ3v) is 4.13. The quantitative estimate of drug-likeness (QED) is 0.825. The molecule has 0 fully saturated rings. The first-order chi connectivity index (χ1) is 9.45. The Hall–Kier alpha value is -1.34. The van der Waals surface area contributed by atoms with E-state index in [0.29, 0.717) is 19.5 Å². The van der Waals surface area contributed by atoms with Crippen molar-refractivity contribution in [2.75, 3.05) is 25.9 Å². The van der Waals surface area contributed by atoms with E-state index < -0.39 is 22.4 Å². The van der Waals surface area contributed by atoms with E-state index in [0.717, 1.165) is 12.1 Å². The fourth-order valence-electron chi connectivity index (χ4n) is 1.56. The molecule has 1 aromatic carbocycles. The molecule has 20 heavy (non-hydrogen) atoms. The number of carbonyl (C=O) groups is 1. The van der Waals surface area contributed by atoms with Gasteiger partial charge in [-0.05, 0) is 31.2 Å². The van der Waals surface area contributed by atoms with Crippen molar-refractivity contribution in [1.29, 1.82) is 0 Å². The Morgan fingerprint density at radius 2 is 2.05 bits per heavy atom. The molecule has 112 valence electrons. The van der Waals surface area contributed by atoms with Crippen molar-refractivity contribution in [3.8, 4) is 0 Å². The van der Waals surface area contributed by atoms with Crippen LogP contribution in [0.1, 0.15) is 12.8 Å². The molecular formula is C13H18F2N2O2S. The second-order valence-electron chi connectivity index (χ2n) is 4.33. The van der Waals surface area contributed by atoms with E-state index in [4.69, 9.17) is 5.73 Å². The standard InChI is InChI=1S/C13H18F2N2O2S/c1-17(7-2-6-16)13(18)5-8-20(19)10-3-4-11(14)12(15)9-10/h3-4,9H,2,5-8,16H2,1H3. The number of halogens is 2. The summed E-state index contributed by atoms with van der Waals surface area (Å²) in [6, 6.07) is 3.09. The molecule has 0 radical (unpaired) electrons. The third-order valence-electron chi connectivity index (χ3n) is 2.78. The van der Waals surface area contributed by atoms with Gasteiger partial charge in [-0.3, -0.25) is 9.00 Å². The van der Waals surface area contributed by atoms with Crippen molar-refractivity contribution in [3.63, 3.8) is 0 Å². The predicted octanol–water partition coefficient (Wildman–Crippen LogP) is 1.27. The summed E-state index contributed by atoms with van der Waals surface area (Å²) in [5.74, 6) is -2.09. The van der Waals surface area contributed by atoms with Crippen LogP contribution in [-0.4, -0.2) is 40.9 Å². The van der Waals surface area contributed by atoms with Gasteiger partial charge in [0.05, 0.1) is 10.8 Å². The summed E-state index contributed by atoms with van der Waals surface area (Å²) in [5.41, 5.74) is 5.35. The molecule has 1 amide bonds. The van der Waals surface area contributed by atoms with Crippen LogP contribution < -0.4 is 5.73 Å². The number of hydrogen-bond acceptors (Lipinski definition) is 3. The summed E-state index contributed by atoms with van der Waals surface area (Å²) >= 11 is 0. The average molecular weight is 304 g/mol. The highest BCUT2D eigenvalue weighted by atomic mass is 32.2. The van der Waals surface area contributed by atoms with Gasteiger partial charge in [-0.1, -0.05) is 0 Å². The van der Waals surface area contributed by atoms with Gasteiger partial charge in [0.25, 0.3) is 0 Å². The SMILES string of the molecule is CN(CCCN)C(=O)CCS(=O)c1ccc(F)c(F)c1. The molecule has 4 nitrogen and oxygen atoms in total. The fraction of sp³-hybridized carbons (Fsp3) is 0.462. The molecule has 0 aliphatic heterocycles. The number of nitrogens with two attached hydrogens (primary N) is 1. The number of nitrogens with zero attached hydrogens (tertiary/aromatic N) is 1. The first-order valence-electron chi connectivity index (χ1n) is 6.23. The minimum Gasteiger partial charge on any atom is -0.346 e. The first kappa shape index (κ1) is 16.7. The maximum atomic E-state index is 13.0. The molecule has 0 spiro atoms. The molecule has 0 aliphatic rings. The van der Waals surface area contributed by atoms with E-state index in [1.54, 1.807) is 7.05 Å². The number of benzene rings is 1. The molecule has 2 N–H and O–H groups in total. The summed E-state index contributed by atoms with van der Waals surface area (Å²) in [6.45, 7) is 1.05. The Labute approximate surface area is 119 Å². The van der Waals surface area contributed by atoms with Crippen molar-refractivity contribution in [2.45, 2.75) is 17.7 Å². The van der Waals surface area contributed by atoms with Gasteiger partial charge in [0.15, 0.2) is 11.6 Å². The van der Waals surface area contributed by atoms with E-state index >= 15 is 0 Å². The number of rotatable bonds is 7. The van der Waals surface area contributed by atoms with E-state index in [1.165, 1.54) is 11.0 Å². The van der Waals surface area contributed by atoms with Gasteiger partial charge in [-0.15, -0.1) is 0 Å². The number of hydrogen-bond donors (Lipinski definition) is 1. The summed E-state index contributed by atoms with van der Waals surface area (Å²) in [7, 11) is 0.128. The Morgan fingerprint density at radius 3 is 2.65 bits per heavy atom. The molecule has 0 saturated heterocycles. The molecule has 1 rings (SSSR count). The molecular weight excluding hydrogens is 286 g/mol. The van der Waals surface area contributed by atoms with E-state index in [2.05, 4.69) is 0 Å². The summed E-state index contributed by atoms with van der Waals surface area (Å²) in [4.78, 5) is 13.4. The highest BCUT2D eigenvalue weighted by Crippen LogP contribution is 2.13. The average Bonchev–Trinajstić information content (AvgIpc) is 2.44. The van der Waals surface area contributed by atoms with Crippen molar-refractivity contribution >= 4 is 16.7 Å². The van der Waals surface area contributed by atoms with E-state index in [-0.39, 0.29) is 23.0 Å². The van der Waals surface area contributed by atoms with Crippen LogP contribution >= 0.6 is 0 Å². The van der Waals surface area contributed by atoms with Gasteiger partial charge in [-0.25, -0.2) is 8.78 Å². The van der Waals surface area contributed by atoms with Crippen LogP contribution in [0, 0.1) is 11.6 Å². The molecule has 1 aromatic rings. The lowest BCUT2D eigenvalue weighted by atomic mass is 10.3. The smallest absolute Gasteiger partial charge is 0.223 e. The molecule has 7 heteroatoms. The Kier molecular flexibility index (Phi) is 6.74. The number of carbonyl (C=O) groups excluding carboxylic acids is 1. The van der Waals surface area contributed by atoms with Crippen molar-refractivity contribution < 1.29 is 17.8 Å². The van der Waals surface area contributed by atoms with Crippen molar-refractivity contribution in [1.82, 2.24) is 4.90 Å². The second-order valence-corrected chi connectivity index (χ2v) is 5.90. The maximum Gasteiger partial charge on any atom is 0.223 e. The van der Waals surface area contributed by atoms with Crippen LogP contribution in [0.2, 0.25) is 0 Å². The fourth-order valence-corrected chi connectivity index (χ4v) is 2.61. The van der Waals surface area contributed by atoms with Crippen LogP contribution in [0.25, 0.3) is 0 Å². The van der Waals surface area contributed by atoms with Crippen molar-refractivity contribution in [2.24, 2.45) is 5.73 Å². The third kappa shape index (κ3) is 4.97. The topological polar surface area (TPSA) is 63.4 Å². The summed E-state index contributed by atoms with van der Waals surface area (Å²) in [5, 5.41) is 0. The lowest BCUT2D eigenvalue weighted by molar-refractivity contribution is -0.129. The lowest BCUT2D eigenvalue weighted by Gasteiger charge is -2.16. The van der Waals surface area contributed by atoms with Gasteiger partial charge < -0.3 is 10.6 Å². The van der Waals surface area contributed by atoms with E-state index in [1.807, 2.05) is 0 Å². The van der Waals surface area contributed by atoms with Crippen LogP contribution in [0.3, 0.4) is 0 Å². The minimum absolute atomic E-state index is 0.0802. The monoisotopic (exact) mass is 304 g/mol. The Balaban J connectivity index is 2.50. The lowest BCUT2D eigenvalue weighted by Crippen LogP contribution is -2.29. The van der Waals surface area contributed by atoms with Gasteiger partial charge in [0.1, 0.15) is 0 Å². The normalized spacial score (nSPS) is 12.2. The Bertz CT molecular complexity index is 497. The van der Waals surface area contributed by atoms with Crippen molar-refractivity contribution in [3.05, 3.63) is 29.8 Å². The molecule has 0 aliphatic carbocycles. The first-order valence-corrected chi connectivity index (χ1v) is 7.55. The van der Waals surface area contributed by atoms with Gasteiger partial charge in [0.2, 0.25) is 5.91 Å². The molecule has 0 aromatic heterocycles. The summed E-state index contributed by atoms with van der Waals surface area (Å²) in [6.07, 6.45) is 0.793. The molecule has 0 bridgehead atoms. The second kappa shape index (κ2) is 8.06. The van der Waals surface area contributed by atoms with Crippen LogP contribution in [0.4, 0.5) is 8.78 Å².